The molecule has 1 unspecified atom stereocenters. The second kappa shape index (κ2) is 9.23. The number of carbonyl (C=O) groups is 4. The Morgan fingerprint density at radius 1 is 1.00 bits per heavy atom. The first-order valence-electron chi connectivity index (χ1n) is 12.0. The van der Waals surface area contributed by atoms with Crippen molar-refractivity contribution in [2.75, 3.05) is 39.3 Å². The van der Waals surface area contributed by atoms with Crippen LogP contribution in [0.4, 0.5) is 0 Å². The van der Waals surface area contributed by atoms with E-state index in [-0.39, 0.29) is 30.1 Å². The van der Waals surface area contributed by atoms with Gasteiger partial charge in [-0.1, -0.05) is 12.1 Å². The number of piperazine rings is 1. The van der Waals surface area contributed by atoms with E-state index in [1.54, 1.807) is 4.90 Å². The van der Waals surface area contributed by atoms with E-state index < -0.39 is 6.04 Å². The van der Waals surface area contributed by atoms with Crippen LogP contribution < -0.4 is 10.6 Å². The molecule has 1 atom stereocenters. The van der Waals surface area contributed by atoms with Crippen LogP contribution in [0.1, 0.15) is 47.2 Å². The summed E-state index contributed by atoms with van der Waals surface area (Å²) in [5.74, 6) is -0.385. The van der Waals surface area contributed by atoms with E-state index in [1.165, 1.54) is 0 Å². The smallest absolute Gasteiger partial charge is 0.255 e. The third-order valence-electron chi connectivity index (χ3n) is 7.36. The minimum absolute atomic E-state index is 0.114. The molecule has 33 heavy (non-hydrogen) atoms. The predicted molar refractivity (Wildman–Crippen MR) is 120 cm³/mol. The van der Waals surface area contributed by atoms with Gasteiger partial charge in [-0.15, -0.1) is 0 Å². The van der Waals surface area contributed by atoms with Gasteiger partial charge in [0.05, 0.1) is 0 Å². The summed E-state index contributed by atoms with van der Waals surface area (Å²) in [6, 6.07) is 5.40. The fourth-order valence-corrected chi connectivity index (χ4v) is 5.44. The van der Waals surface area contributed by atoms with Crippen molar-refractivity contribution < 1.29 is 19.2 Å². The molecule has 2 N–H and O–H groups in total. The average Bonchev–Trinajstić information content (AvgIpc) is 3.15. The van der Waals surface area contributed by atoms with Gasteiger partial charge >= 0.3 is 0 Å². The van der Waals surface area contributed by atoms with Crippen LogP contribution >= 0.6 is 0 Å². The Bertz CT molecular complexity index is 966. The first-order chi connectivity index (χ1) is 16.0. The minimum Gasteiger partial charge on any atom is -0.340 e. The van der Waals surface area contributed by atoms with E-state index in [4.69, 9.17) is 0 Å². The molecule has 3 saturated heterocycles. The summed E-state index contributed by atoms with van der Waals surface area (Å²) in [4.78, 5) is 55.4. The summed E-state index contributed by atoms with van der Waals surface area (Å²) in [5.41, 5.74) is 2.65. The Labute approximate surface area is 193 Å². The molecular formula is C24H31N5O4. The van der Waals surface area contributed by atoms with E-state index in [0.717, 1.165) is 69.8 Å². The lowest BCUT2D eigenvalue weighted by Crippen LogP contribution is -2.52. The van der Waals surface area contributed by atoms with Gasteiger partial charge in [0.1, 0.15) is 6.04 Å². The molecule has 0 aliphatic carbocycles. The van der Waals surface area contributed by atoms with Gasteiger partial charge in [-0.3, -0.25) is 29.4 Å². The fraction of sp³-hybridized carbons (Fsp3) is 0.583. The molecular weight excluding hydrogens is 422 g/mol. The highest BCUT2D eigenvalue weighted by Crippen LogP contribution is 2.29. The third kappa shape index (κ3) is 4.52. The molecule has 9 heteroatoms. The van der Waals surface area contributed by atoms with Crippen molar-refractivity contribution in [3.8, 4) is 0 Å². The van der Waals surface area contributed by atoms with Crippen molar-refractivity contribution in [1.82, 2.24) is 25.3 Å². The topological polar surface area (TPSA) is 102 Å². The van der Waals surface area contributed by atoms with E-state index >= 15 is 0 Å². The number of hydrogen-bond acceptors (Lipinski definition) is 6. The molecule has 3 fully saturated rings. The van der Waals surface area contributed by atoms with E-state index in [9.17, 15) is 19.2 Å². The zero-order valence-electron chi connectivity index (χ0n) is 18.8. The highest BCUT2D eigenvalue weighted by molar-refractivity contribution is 6.05. The minimum atomic E-state index is -0.585. The van der Waals surface area contributed by atoms with E-state index in [2.05, 4.69) is 21.6 Å². The molecule has 1 aromatic carbocycles. The molecule has 0 saturated carbocycles. The number of nitrogens with zero attached hydrogens (tertiary/aromatic N) is 3. The van der Waals surface area contributed by atoms with Gasteiger partial charge in [-0.2, -0.15) is 0 Å². The van der Waals surface area contributed by atoms with Crippen molar-refractivity contribution in [1.29, 1.82) is 0 Å². The maximum absolute atomic E-state index is 13.0. The number of piperidine rings is 2. The molecule has 4 aliphatic heterocycles. The molecule has 9 nitrogen and oxygen atoms in total. The van der Waals surface area contributed by atoms with Crippen LogP contribution in [0.25, 0.3) is 0 Å². The molecule has 4 aliphatic rings. The number of fused-ring (bicyclic) bond motifs is 1. The lowest BCUT2D eigenvalue weighted by Gasteiger charge is -2.35. The molecule has 0 aromatic heterocycles. The van der Waals surface area contributed by atoms with Gasteiger partial charge in [-0.05, 0) is 49.5 Å². The van der Waals surface area contributed by atoms with Crippen LogP contribution in [0, 0.1) is 5.92 Å². The highest BCUT2D eigenvalue weighted by Gasteiger charge is 2.39. The van der Waals surface area contributed by atoms with Crippen molar-refractivity contribution in [3.05, 3.63) is 34.9 Å². The van der Waals surface area contributed by atoms with Crippen molar-refractivity contribution in [2.24, 2.45) is 5.92 Å². The molecule has 0 spiro atoms. The van der Waals surface area contributed by atoms with Gasteiger partial charge in [-0.25, -0.2) is 0 Å². The van der Waals surface area contributed by atoms with Gasteiger partial charge < -0.3 is 15.1 Å². The number of amides is 4. The van der Waals surface area contributed by atoms with Gasteiger partial charge in [0.25, 0.3) is 5.91 Å². The Kier molecular flexibility index (Phi) is 6.16. The molecule has 5 rings (SSSR count). The third-order valence-corrected chi connectivity index (χ3v) is 7.36. The number of nitrogens with one attached hydrogen (secondary N) is 2. The zero-order chi connectivity index (χ0) is 22.9. The van der Waals surface area contributed by atoms with Crippen LogP contribution in [0.15, 0.2) is 18.2 Å². The summed E-state index contributed by atoms with van der Waals surface area (Å²) < 4.78 is 0. The molecule has 1 aromatic rings. The standard InChI is InChI=1S/C24H31N5O4/c30-21-4-3-20(22(31)26-21)29-15-18-2-1-16(13-19(18)24(29)33)14-27-9-5-17(6-10-27)23(32)28-11-7-25-8-12-28/h1-2,13,17,20,25H,3-12,14-15H2,(H,26,30,31). The van der Waals surface area contributed by atoms with Gasteiger partial charge in [0.15, 0.2) is 0 Å². The van der Waals surface area contributed by atoms with Crippen LogP contribution in [-0.2, 0) is 27.5 Å². The Balaban J connectivity index is 1.17. The zero-order valence-corrected chi connectivity index (χ0v) is 18.8. The molecule has 176 valence electrons. The maximum atomic E-state index is 13.0. The molecule has 4 heterocycles. The second-order valence-electron chi connectivity index (χ2n) is 9.52. The lowest BCUT2D eigenvalue weighted by molar-refractivity contribution is -0.138. The van der Waals surface area contributed by atoms with Crippen molar-refractivity contribution in [2.45, 2.75) is 44.8 Å². The number of benzene rings is 1. The SMILES string of the molecule is O=C1CCC(N2Cc3ccc(CN4CCC(C(=O)N5CCNCC5)CC4)cc3C2=O)C(=O)N1. The Morgan fingerprint density at radius 3 is 2.48 bits per heavy atom. The van der Waals surface area contributed by atoms with Crippen molar-refractivity contribution >= 4 is 23.6 Å². The quantitative estimate of drug-likeness (QED) is 0.627. The maximum Gasteiger partial charge on any atom is 0.255 e. The lowest BCUT2D eigenvalue weighted by atomic mass is 9.94. The van der Waals surface area contributed by atoms with E-state index in [0.29, 0.717) is 24.4 Å². The average molecular weight is 454 g/mol. The first-order valence-corrected chi connectivity index (χ1v) is 12.0. The van der Waals surface area contributed by atoms with Crippen LogP contribution in [-0.4, -0.2) is 83.6 Å². The summed E-state index contributed by atoms with van der Waals surface area (Å²) in [6.45, 7) is 6.25. The summed E-state index contributed by atoms with van der Waals surface area (Å²) in [7, 11) is 0. The number of rotatable bonds is 4. The molecule has 0 bridgehead atoms. The second-order valence-corrected chi connectivity index (χ2v) is 9.52. The number of carbonyl (C=O) groups excluding carboxylic acids is 4. The van der Waals surface area contributed by atoms with Crippen LogP contribution in [0.5, 0.6) is 0 Å². The number of likely N-dealkylation sites (tertiary alicyclic amines) is 1. The number of imide groups is 1. The highest BCUT2D eigenvalue weighted by atomic mass is 16.2. The predicted octanol–water partition coefficient (Wildman–Crippen LogP) is 0.0914. The largest absolute Gasteiger partial charge is 0.340 e. The van der Waals surface area contributed by atoms with Crippen molar-refractivity contribution in [3.63, 3.8) is 0 Å². The Morgan fingerprint density at radius 2 is 1.76 bits per heavy atom. The molecule has 4 amide bonds. The summed E-state index contributed by atoms with van der Waals surface area (Å²) in [5, 5.41) is 5.63. The summed E-state index contributed by atoms with van der Waals surface area (Å²) >= 11 is 0. The van der Waals surface area contributed by atoms with Gasteiger partial charge in [0.2, 0.25) is 17.7 Å². The van der Waals surface area contributed by atoms with Crippen LogP contribution in [0.3, 0.4) is 0 Å². The molecule has 0 radical (unpaired) electrons. The normalized spacial score (nSPS) is 24.7. The summed E-state index contributed by atoms with van der Waals surface area (Å²) in [6.07, 6.45) is 2.37. The Hall–Kier alpha value is -2.78. The fourth-order valence-electron chi connectivity index (χ4n) is 5.44. The first kappa shape index (κ1) is 22.0. The van der Waals surface area contributed by atoms with Crippen LogP contribution in [0.2, 0.25) is 0 Å². The number of hydrogen-bond donors (Lipinski definition) is 2. The van der Waals surface area contributed by atoms with E-state index in [1.807, 2.05) is 17.0 Å². The monoisotopic (exact) mass is 453 g/mol. The van der Waals surface area contributed by atoms with Gasteiger partial charge in [0, 0.05) is 57.2 Å².